The van der Waals surface area contributed by atoms with Gasteiger partial charge in [0.2, 0.25) is 23.8 Å². The summed E-state index contributed by atoms with van der Waals surface area (Å²) in [6, 6.07) is 0.497. The van der Waals surface area contributed by atoms with Gasteiger partial charge in [0, 0.05) is 23.4 Å². The molecule has 13 rings (SSSR count). The van der Waals surface area contributed by atoms with Crippen molar-refractivity contribution in [3.63, 3.8) is 0 Å². The number of H-pyrrole nitrogens is 4. The summed E-state index contributed by atoms with van der Waals surface area (Å²) in [6.45, 7) is 4.78. The molecule has 0 amide bonds. The van der Waals surface area contributed by atoms with Crippen molar-refractivity contribution in [2.45, 2.75) is 55.5 Å². The van der Waals surface area contributed by atoms with Crippen LogP contribution in [-0.2, 0) is 4.74 Å². The van der Waals surface area contributed by atoms with Crippen LogP contribution in [-0.4, -0.2) is 106 Å². The molecular weight excluding hydrogens is 1030 g/mol. The Balaban J connectivity index is 0.000000109. The second kappa shape index (κ2) is 18.7. The SMILES string of the molecule is C=C1C=C[C@H](n2cnc3c(=O)[nH]c(N)nc32)C1.Nc1nc2c(ncn2[C@H]2C=C[C@@H](CI)C2)c(=O)[nH]1.Nc1nc2c(ncn2[C@H]2C=C[C@@H](CO)C2)c(=O)[nH]1.Nc1nc2c(ncn2[C@H]2C=C[C@@]3(CO3)C2)c(=O)[nH]1. The number of ether oxygens (including phenoxy) is 1. The first-order chi connectivity index (χ1) is 34.2. The molecule has 4 aliphatic carbocycles. The smallest absolute Gasteiger partial charge is 0.280 e. The van der Waals surface area contributed by atoms with Crippen molar-refractivity contribution >= 4 is 91.0 Å². The first kappa shape index (κ1) is 46.7. The van der Waals surface area contributed by atoms with Crippen molar-refractivity contribution in [2.24, 2.45) is 11.8 Å². The van der Waals surface area contributed by atoms with Crippen LogP contribution < -0.4 is 45.2 Å². The van der Waals surface area contributed by atoms with Crippen molar-refractivity contribution in [1.82, 2.24) is 78.1 Å². The molecule has 9 heterocycles. The number of allylic oxidation sites excluding steroid dienone is 7. The Morgan fingerprint density at radius 2 is 1.00 bits per heavy atom. The highest BCUT2D eigenvalue weighted by atomic mass is 127. The molecule has 1 saturated heterocycles. The summed E-state index contributed by atoms with van der Waals surface area (Å²) in [4.78, 5) is 89.3. The number of aliphatic hydroxyl groups is 1. The molecule has 8 aromatic heterocycles. The number of aliphatic hydroxyl groups excluding tert-OH is 1. The van der Waals surface area contributed by atoms with E-state index in [9.17, 15) is 19.2 Å². The minimum Gasteiger partial charge on any atom is -0.396 e. The molecule has 71 heavy (non-hydrogen) atoms. The fourth-order valence-electron chi connectivity index (χ4n) is 9.03. The van der Waals surface area contributed by atoms with Crippen LogP contribution in [0.2, 0.25) is 0 Å². The molecule has 5 aliphatic rings. The van der Waals surface area contributed by atoms with Gasteiger partial charge in [0.15, 0.2) is 44.7 Å². The number of rotatable bonds is 6. The van der Waals surface area contributed by atoms with E-state index in [4.69, 9.17) is 32.8 Å². The molecule has 13 N–H and O–H groups in total. The number of aromatic amines is 4. The summed E-state index contributed by atoms with van der Waals surface area (Å²) >= 11 is 2.38. The number of epoxide rings is 1. The second-order valence-corrected chi connectivity index (χ2v) is 18.5. The maximum atomic E-state index is 11.7. The average molecular weight is 1080 g/mol. The number of hydrogen-bond acceptors (Lipinski definition) is 18. The molecule has 366 valence electrons. The summed E-state index contributed by atoms with van der Waals surface area (Å²) in [7, 11) is 0. The van der Waals surface area contributed by atoms with Gasteiger partial charge in [-0.2, -0.15) is 19.9 Å². The van der Waals surface area contributed by atoms with Gasteiger partial charge in [0.1, 0.15) is 5.60 Å². The molecule has 0 aromatic carbocycles. The van der Waals surface area contributed by atoms with Crippen LogP contribution in [0, 0.1) is 11.8 Å². The number of halogens is 1. The van der Waals surface area contributed by atoms with E-state index in [0.29, 0.717) is 45.1 Å². The van der Waals surface area contributed by atoms with E-state index in [1.165, 1.54) is 0 Å². The number of anilines is 4. The van der Waals surface area contributed by atoms with Gasteiger partial charge in [-0.1, -0.05) is 83.4 Å². The summed E-state index contributed by atoms with van der Waals surface area (Å²) in [5, 5.41) is 9.12. The molecule has 0 unspecified atom stereocenters. The summed E-state index contributed by atoms with van der Waals surface area (Å²) in [5.74, 6) is 1.13. The standard InChI is InChI=1S/C11H12IN5O.C11H11N5O2.C11H13N5O2.C11H11N5O/c12-4-6-1-2-7(3-6)17-5-14-8-9(17)15-11(13)16-10(8)18;12-10-14-8-7(9(17)15-10)13-5-16(8)6-1-2-11(3-6)4-18-11;12-11-14-9-8(10(18)15-11)13-5-16(9)7-2-1-6(3-7)4-17;1-6-2-3-7(4-6)16-5-13-8-9(16)14-11(12)15-10(8)17/h1-2,5-7H,3-4H2,(H3,13,15,16,18);1-2,5-6H,3-4H2,(H3,12,14,15,17);1-2,5-7,17H,3-4H2,(H3,12,14,15,18);2-3,5,7H,1,4H2,(H3,12,14,15,17)/t6-,7+;6-,11-;6-,7+;7-/m1010/s1. The van der Waals surface area contributed by atoms with Crippen LogP contribution >= 0.6 is 22.6 Å². The molecule has 1 spiro atoms. The lowest BCUT2D eigenvalue weighted by atomic mass is 10.1. The predicted octanol–water partition coefficient (Wildman–Crippen LogP) is 1.80. The number of hydrogen-bond donors (Lipinski definition) is 9. The first-order valence-corrected chi connectivity index (χ1v) is 23.8. The van der Waals surface area contributed by atoms with Crippen molar-refractivity contribution in [3.8, 4) is 0 Å². The highest BCUT2D eigenvalue weighted by Crippen LogP contribution is 2.43. The lowest BCUT2D eigenvalue weighted by Crippen LogP contribution is -2.14. The first-order valence-electron chi connectivity index (χ1n) is 22.3. The molecule has 1 fully saturated rings. The lowest BCUT2D eigenvalue weighted by Gasteiger charge is -2.12. The van der Waals surface area contributed by atoms with Gasteiger partial charge in [-0.15, -0.1) is 0 Å². The fraction of sp³-hybridized carbons (Fsp3) is 0.318. The van der Waals surface area contributed by atoms with Crippen LogP contribution in [0.15, 0.2) is 105 Å². The zero-order valence-corrected chi connectivity index (χ0v) is 39.7. The maximum absolute atomic E-state index is 11.7. The second-order valence-electron chi connectivity index (χ2n) is 17.6. The van der Waals surface area contributed by atoms with Crippen molar-refractivity contribution < 1.29 is 9.84 Å². The van der Waals surface area contributed by atoms with Gasteiger partial charge < -0.3 is 51.0 Å². The van der Waals surface area contributed by atoms with Crippen molar-refractivity contribution in [2.75, 3.05) is 40.6 Å². The van der Waals surface area contributed by atoms with Crippen LogP contribution in [0.3, 0.4) is 0 Å². The molecule has 27 heteroatoms. The Morgan fingerprint density at radius 3 is 1.34 bits per heavy atom. The van der Waals surface area contributed by atoms with Gasteiger partial charge in [-0.25, -0.2) is 19.9 Å². The number of nitrogen functional groups attached to an aromatic ring is 4. The number of nitrogens with zero attached hydrogens (tertiary/aromatic N) is 12. The van der Waals surface area contributed by atoms with Crippen LogP contribution in [0.4, 0.5) is 23.8 Å². The molecule has 0 bridgehead atoms. The minimum absolute atomic E-state index is 0.0563. The van der Waals surface area contributed by atoms with Crippen molar-refractivity contribution in [3.05, 3.63) is 127 Å². The van der Waals surface area contributed by atoms with Crippen molar-refractivity contribution in [1.29, 1.82) is 0 Å². The maximum Gasteiger partial charge on any atom is 0.280 e. The average Bonchev–Trinajstić information content (AvgIpc) is 4.15. The lowest BCUT2D eigenvalue weighted by molar-refractivity contribution is 0.244. The van der Waals surface area contributed by atoms with E-state index in [1.807, 2.05) is 42.6 Å². The van der Waals surface area contributed by atoms with Gasteiger partial charge in [-0.3, -0.25) is 39.1 Å². The largest absolute Gasteiger partial charge is 0.396 e. The molecular formula is C44H47IN20O6. The third-order valence-corrected chi connectivity index (χ3v) is 13.8. The topological polar surface area (TPSA) is 391 Å². The normalized spacial score (nSPS) is 23.7. The molecule has 1 aliphatic heterocycles. The molecule has 8 aromatic rings. The third-order valence-electron chi connectivity index (χ3n) is 12.7. The van der Waals surface area contributed by atoms with Crippen LogP contribution in [0.1, 0.15) is 49.9 Å². The molecule has 7 atom stereocenters. The minimum atomic E-state index is -0.336. The number of aromatic nitrogens is 16. The van der Waals surface area contributed by atoms with Crippen LogP contribution in [0.25, 0.3) is 44.7 Å². The van der Waals surface area contributed by atoms with E-state index in [2.05, 4.69) is 113 Å². The summed E-state index contributed by atoms with van der Waals surface area (Å²) < 4.78 is 13.9. The number of alkyl halides is 1. The summed E-state index contributed by atoms with van der Waals surface area (Å²) in [5.41, 5.74) is 25.2. The van der Waals surface area contributed by atoms with E-state index in [-0.39, 0.29) is 93.8 Å². The number of imidazole rings is 4. The number of fused-ring (bicyclic) bond motifs is 4. The Bertz CT molecular complexity index is 3620. The Hall–Kier alpha value is -8.05. The van der Waals surface area contributed by atoms with Gasteiger partial charge >= 0.3 is 0 Å². The summed E-state index contributed by atoms with van der Waals surface area (Å²) in [6.07, 6.45) is 26.4. The quantitative estimate of drug-likeness (QED) is 0.0496. The predicted molar refractivity (Wildman–Crippen MR) is 272 cm³/mol. The molecule has 0 radical (unpaired) electrons. The van der Waals surface area contributed by atoms with Crippen LogP contribution in [0.5, 0.6) is 0 Å². The Kier molecular flexibility index (Phi) is 12.3. The number of nitrogens with two attached hydrogens (primary N) is 4. The van der Waals surface area contributed by atoms with Gasteiger partial charge in [0.25, 0.3) is 22.2 Å². The van der Waals surface area contributed by atoms with E-state index in [0.717, 1.165) is 42.3 Å². The number of nitrogens with one attached hydrogen (secondary N) is 4. The Morgan fingerprint density at radius 1 is 0.606 bits per heavy atom. The highest BCUT2D eigenvalue weighted by Gasteiger charge is 2.47. The zero-order chi connectivity index (χ0) is 49.7. The molecule has 26 nitrogen and oxygen atoms in total. The van der Waals surface area contributed by atoms with Gasteiger partial charge in [0.05, 0.1) is 56.1 Å². The third kappa shape index (κ3) is 9.27. The van der Waals surface area contributed by atoms with E-state index >= 15 is 0 Å². The Labute approximate surface area is 412 Å². The highest BCUT2D eigenvalue weighted by molar-refractivity contribution is 14.1. The fourth-order valence-corrected chi connectivity index (χ4v) is 9.68. The van der Waals surface area contributed by atoms with Gasteiger partial charge in [-0.05, 0) is 25.2 Å². The molecule has 0 saturated carbocycles. The van der Waals surface area contributed by atoms with E-state index < -0.39 is 0 Å². The monoisotopic (exact) mass is 1080 g/mol. The zero-order valence-electron chi connectivity index (χ0n) is 37.6. The van der Waals surface area contributed by atoms with E-state index in [1.54, 1.807) is 25.3 Å².